The Balaban J connectivity index is 2.64. The summed E-state index contributed by atoms with van der Waals surface area (Å²) in [5.41, 5.74) is 0.391. The molecule has 1 aromatic rings. The molecule has 5 nitrogen and oxygen atoms in total. The summed E-state index contributed by atoms with van der Waals surface area (Å²) in [6, 6.07) is 3.89. The van der Waals surface area contributed by atoms with Gasteiger partial charge in [-0.25, -0.2) is 9.59 Å². The first-order valence-corrected chi connectivity index (χ1v) is 6.91. The molecule has 0 spiro atoms. The predicted molar refractivity (Wildman–Crippen MR) is 79.6 cm³/mol. The molecule has 1 atom stereocenters. The Kier molecular flexibility index (Phi) is 6.31. The molecular weight excluding hydrogens is 280 g/mol. The summed E-state index contributed by atoms with van der Waals surface area (Å²) in [6.07, 6.45) is 3.02. The molecule has 0 fully saturated rings. The van der Waals surface area contributed by atoms with Gasteiger partial charge < -0.3 is 15.7 Å². The Bertz CT molecular complexity index is 491. The van der Waals surface area contributed by atoms with Gasteiger partial charge in [0.2, 0.25) is 0 Å². The summed E-state index contributed by atoms with van der Waals surface area (Å²) in [7, 11) is 0. The number of benzene rings is 1. The molecule has 0 radical (unpaired) electrons. The van der Waals surface area contributed by atoms with Crippen molar-refractivity contribution in [2.75, 3.05) is 5.32 Å². The van der Waals surface area contributed by atoms with Crippen LogP contribution in [0, 0.1) is 0 Å². The van der Waals surface area contributed by atoms with Gasteiger partial charge >= 0.3 is 12.0 Å². The van der Waals surface area contributed by atoms with Gasteiger partial charge in [0.05, 0.1) is 5.56 Å². The van der Waals surface area contributed by atoms with E-state index in [2.05, 4.69) is 17.6 Å². The minimum absolute atomic E-state index is 0.0341. The predicted octanol–water partition coefficient (Wildman–Crippen LogP) is 3.74. The van der Waals surface area contributed by atoms with Crippen LogP contribution >= 0.6 is 11.6 Å². The van der Waals surface area contributed by atoms with Gasteiger partial charge in [0, 0.05) is 16.8 Å². The first kappa shape index (κ1) is 16.3. The van der Waals surface area contributed by atoms with Crippen molar-refractivity contribution in [3.05, 3.63) is 28.8 Å². The van der Waals surface area contributed by atoms with Crippen molar-refractivity contribution >= 4 is 29.3 Å². The van der Waals surface area contributed by atoms with E-state index in [9.17, 15) is 9.59 Å². The van der Waals surface area contributed by atoms with Gasteiger partial charge in [0.15, 0.2) is 0 Å². The number of aromatic carboxylic acids is 1. The zero-order chi connectivity index (χ0) is 15.1. The molecule has 1 aromatic carbocycles. The fraction of sp³-hybridized carbons (Fsp3) is 0.429. The number of rotatable bonds is 6. The summed E-state index contributed by atoms with van der Waals surface area (Å²) in [5.74, 6) is -1.09. The summed E-state index contributed by atoms with van der Waals surface area (Å²) in [4.78, 5) is 22.7. The first-order valence-electron chi connectivity index (χ1n) is 6.53. The maximum atomic E-state index is 11.8. The van der Waals surface area contributed by atoms with Crippen LogP contribution in [0.5, 0.6) is 0 Å². The van der Waals surface area contributed by atoms with Crippen molar-refractivity contribution in [3.63, 3.8) is 0 Å². The van der Waals surface area contributed by atoms with E-state index in [-0.39, 0.29) is 22.7 Å². The third-order valence-corrected chi connectivity index (χ3v) is 2.99. The number of anilines is 1. The first-order chi connectivity index (χ1) is 9.42. The molecule has 0 aliphatic carbocycles. The smallest absolute Gasteiger partial charge is 0.335 e. The number of amides is 2. The van der Waals surface area contributed by atoms with Gasteiger partial charge in [0.1, 0.15) is 0 Å². The number of carboxylic acid groups (broad SMARTS) is 1. The van der Waals surface area contributed by atoms with Crippen molar-refractivity contribution in [1.29, 1.82) is 0 Å². The number of unbranched alkanes of at least 4 members (excludes halogenated alkanes) is 1. The molecule has 0 aliphatic rings. The number of nitrogens with one attached hydrogen (secondary N) is 2. The van der Waals surface area contributed by atoms with Gasteiger partial charge in [-0.05, 0) is 31.5 Å². The van der Waals surface area contributed by atoms with Crippen LogP contribution in [0.1, 0.15) is 43.5 Å². The molecular formula is C14H19ClN2O3. The van der Waals surface area contributed by atoms with Crippen molar-refractivity contribution in [1.82, 2.24) is 5.32 Å². The standard InChI is InChI=1S/C14H19ClN2O3/c1-3-4-5-9(2)16-14(20)17-12-7-10(13(18)19)6-11(15)8-12/h6-9H,3-5H2,1-2H3,(H,18,19)(H2,16,17,20). The second-order valence-corrected chi connectivity index (χ2v) is 5.11. The van der Waals surface area contributed by atoms with Gasteiger partial charge in [-0.1, -0.05) is 31.4 Å². The lowest BCUT2D eigenvalue weighted by molar-refractivity contribution is 0.0697. The maximum Gasteiger partial charge on any atom is 0.335 e. The fourth-order valence-electron chi connectivity index (χ4n) is 1.76. The van der Waals surface area contributed by atoms with Crippen LogP contribution in [0.25, 0.3) is 0 Å². The van der Waals surface area contributed by atoms with Crippen LogP contribution in [-0.4, -0.2) is 23.1 Å². The molecule has 0 aromatic heterocycles. The van der Waals surface area contributed by atoms with Crippen molar-refractivity contribution in [3.8, 4) is 0 Å². The van der Waals surface area contributed by atoms with Crippen LogP contribution in [0.3, 0.4) is 0 Å². The highest BCUT2D eigenvalue weighted by atomic mass is 35.5. The summed E-state index contributed by atoms with van der Waals surface area (Å²) in [5, 5.41) is 14.6. The zero-order valence-corrected chi connectivity index (χ0v) is 12.3. The van der Waals surface area contributed by atoms with Crippen LogP contribution in [0.4, 0.5) is 10.5 Å². The molecule has 2 amide bonds. The van der Waals surface area contributed by atoms with Gasteiger partial charge in [-0.2, -0.15) is 0 Å². The average molecular weight is 299 g/mol. The lowest BCUT2D eigenvalue weighted by atomic mass is 10.1. The molecule has 1 unspecified atom stereocenters. The lowest BCUT2D eigenvalue weighted by Gasteiger charge is -2.14. The Morgan fingerprint density at radius 1 is 1.35 bits per heavy atom. The Hall–Kier alpha value is -1.75. The lowest BCUT2D eigenvalue weighted by Crippen LogP contribution is -2.36. The topological polar surface area (TPSA) is 78.4 Å². The Labute approximate surface area is 123 Å². The Morgan fingerprint density at radius 2 is 2.05 bits per heavy atom. The van der Waals surface area contributed by atoms with E-state index in [0.717, 1.165) is 19.3 Å². The summed E-state index contributed by atoms with van der Waals surface area (Å²) >= 11 is 5.82. The molecule has 0 aliphatic heterocycles. The van der Waals surface area contributed by atoms with Gasteiger partial charge in [-0.15, -0.1) is 0 Å². The molecule has 0 saturated carbocycles. The minimum atomic E-state index is -1.09. The number of halogens is 1. The number of hydrogen-bond donors (Lipinski definition) is 3. The SMILES string of the molecule is CCCCC(C)NC(=O)Nc1cc(Cl)cc(C(=O)O)c1. The fourth-order valence-corrected chi connectivity index (χ4v) is 1.99. The van der Waals surface area contributed by atoms with E-state index in [4.69, 9.17) is 16.7 Å². The monoisotopic (exact) mass is 298 g/mol. The molecule has 0 bridgehead atoms. The van der Waals surface area contributed by atoms with E-state index in [1.807, 2.05) is 6.92 Å². The van der Waals surface area contributed by atoms with E-state index in [0.29, 0.717) is 5.69 Å². The normalized spacial score (nSPS) is 11.8. The molecule has 20 heavy (non-hydrogen) atoms. The molecule has 0 heterocycles. The van der Waals surface area contributed by atoms with Gasteiger partial charge in [-0.3, -0.25) is 0 Å². The number of carboxylic acids is 1. The second kappa shape index (κ2) is 7.75. The second-order valence-electron chi connectivity index (χ2n) is 4.68. The molecule has 6 heteroatoms. The van der Waals surface area contributed by atoms with E-state index < -0.39 is 5.97 Å². The van der Waals surface area contributed by atoms with Crippen molar-refractivity contribution < 1.29 is 14.7 Å². The zero-order valence-electron chi connectivity index (χ0n) is 11.6. The van der Waals surface area contributed by atoms with E-state index in [1.165, 1.54) is 18.2 Å². The van der Waals surface area contributed by atoms with Crippen molar-refractivity contribution in [2.24, 2.45) is 0 Å². The highest BCUT2D eigenvalue weighted by Gasteiger charge is 2.10. The Morgan fingerprint density at radius 3 is 2.65 bits per heavy atom. The highest BCUT2D eigenvalue weighted by molar-refractivity contribution is 6.31. The molecule has 110 valence electrons. The van der Waals surface area contributed by atoms with Crippen LogP contribution < -0.4 is 10.6 Å². The third kappa shape index (κ3) is 5.48. The quantitative estimate of drug-likeness (QED) is 0.748. The van der Waals surface area contributed by atoms with Crippen molar-refractivity contribution in [2.45, 2.75) is 39.2 Å². The van der Waals surface area contributed by atoms with E-state index >= 15 is 0 Å². The van der Waals surface area contributed by atoms with Gasteiger partial charge in [0.25, 0.3) is 0 Å². The number of urea groups is 1. The number of carbonyl (C=O) groups excluding carboxylic acids is 1. The van der Waals surface area contributed by atoms with E-state index in [1.54, 1.807) is 0 Å². The highest BCUT2D eigenvalue weighted by Crippen LogP contribution is 2.19. The third-order valence-electron chi connectivity index (χ3n) is 2.77. The average Bonchev–Trinajstić information content (AvgIpc) is 2.35. The van der Waals surface area contributed by atoms with Crippen LogP contribution in [-0.2, 0) is 0 Å². The number of hydrogen-bond acceptors (Lipinski definition) is 2. The maximum absolute atomic E-state index is 11.8. The van der Waals surface area contributed by atoms with Crippen LogP contribution in [0.15, 0.2) is 18.2 Å². The number of carbonyl (C=O) groups is 2. The summed E-state index contributed by atoms with van der Waals surface area (Å²) < 4.78 is 0. The molecule has 0 saturated heterocycles. The molecule has 3 N–H and O–H groups in total. The largest absolute Gasteiger partial charge is 0.478 e. The molecule has 1 rings (SSSR count). The minimum Gasteiger partial charge on any atom is -0.478 e. The summed E-state index contributed by atoms with van der Waals surface area (Å²) in [6.45, 7) is 4.02. The van der Waals surface area contributed by atoms with Crippen LogP contribution in [0.2, 0.25) is 5.02 Å².